The van der Waals surface area contributed by atoms with Crippen LogP contribution in [0.25, 0.3) is 0 Å². The number of ether oxygens (including phenoxy) is 1. The predicted molar refractivity (Wildman–Crippen MR) is 22.5 cm³/mol. The van der Waals surface area contributed by atoms with Gasteiger partial charge < -0.3 is 11.7 Å². The summed E-state index contributed by atoms with van der Waals surface area (Å²) in [4.78, 5) is 0. The van der Waals surface area contributed by atoms with Crippen LogP contribution in [0.15, 0.2) is 0 Å². The third kappa shape index (κ3) is 21.2. The SMILES string of the molecule is [CH2-]CCOC.[O]=[Ti+]. The molecular formula is C4H9O2Ti. The normalized spacial score (nSPS) is 6.86. The Hall–Kier alpha value is 0.474. The molecule has 0 amide bonds. The van der Waals surface area contributed by atoms with Gasteiger partial charge in [-0.1, -0.05) is 0 Å². The molecule has 0 heterocycles. The summed E-state index contributed by atoms with van der Waals surface area (Å²) in [6, 6.07) is 0. The van der Waals surface area contributed by atoms with E-state index >= 15 is 0 Å². The van der Waals surface area contributed by atoms with Crippen molar-refractivity contribution in [3.05, 3.63) is 6.92 Å². The summed E-state index contributed by atoms with van der Waals surface area (Å²) in [6.07, 6.45) is 0.872. The summed E-state index contributed by atoms with van der Waals surface area (Å²) in [5.74, 6) is 0. The summed E-state index contributed by atoms with van der Waals surface area (Å²) in [5.41, 5.74) is 0. The Balaban J connectivity index is 0. The Bertz CT molecular complexity index is 23.7. The Kier molecular flexibility index (Phi) is 24.0. The maximum atomic E-state index is 8.25. The molecule has 0 aliphatic rings. The van der Waals surface area contributed by atoms with Crippen LogP contribution < -0.4 is 0 Å². The van der Waals surface area contributed by atoms with E-state index in [0.717, 1.165) is 33.4 Å². The zero-order valence-corrected chi connectivity index (χ0v) is 6.00. The van der Waals surface area contributed by atoms with Crippen molar-refractivity contribution in [2.75, 3.05) is 13.7 Å². The summed E-state index contributed by atoms with van der Waals surface area (Å²) < 4.78 is 12.9. The third-order valence-corrected chi connectivity index (χ3v) is 0.348. The summed E-state index contributed by atoms with van der Waals surface area (Å²) in [6.45, 7) is 4.33. The van der Waals surface area contributed by atoms with Crippen LogP contribution in [0.1, 0.15) is 6.42 Å². The zero-order valence-electron chi connectivity index (χ0n) is 4.44. The molecule has 41 valence electrons. The van der Waals surface area contributed by atoms with E-state index in [0.29, 0.717) is 0 Å². The quantitative estimate of drug-likeness (QED) is 0.414. The van der Waals surface area contributed by atoms with Gasteiger partial charge in [0.25, 0.3) is 0 Å². The second-order valence-electron chi connectivity index (χ2n) is 0.846. The molecular weight excluding hydrogens is 128 g/mol. The van der Waals surface area contributed by atoms with Crippen molar-refractivity contribution in [2.24, 2.45) is 0 Å². The molecule has 0 rings (SSSR count). The molecule has 0 radical (unpaired) electrons. The molecule has 0 fully saturated rings. The van der Waals surface area contributed by atoms with Crippen LogP contribution >= 0.6 is 0 Å². The van der Waals surface area contributed by atoms with Crippen LogP contribution in [-0.2, 0) is 28.5 Å². The fourth-order valence-electron chi connectivity index (χ4n) is 0.144. The van der Waals surface area contributed by atoms with Gasteiger partial charge >= 0.3 is 23.7 Å². The molecule has 0 atom stereocenters. The van der Waals surface area contributed by atoms with Gasteiger partial charge in [0, 0.05) is 13.7 Å². The molecule has 0 unspecified atom stereocenters. The topological polar surface area (TPSA) is 26.3 Å². The van der Waals surface area contributed by atoms with Gasteiger partial charge in [0.1, 0.15) is 0 Å². The second kappa shape index (κ2) is 16.1. The second-order valence-corrected chi connectivity index (χ2v) is 0.846. The van der Waals surface area contributed by atoms with Crippen LogP contribution in [0, 0.1) is 6.92 Å². The first-order valence-electron chi connectivity index (χ1n) is 1.90. The van der Waals surface area contributed by atoms with Crippen LogP contribution in [0.4, 0.5) is 0 Å². The number of rotatable bonds is 2. The standard InChI is InChI=1S/C4H9O.O.Ti/c1-3-4-5-2;;/h1,3-4H2,2H3;;/q-1;;+1. The molecule has 0 saturated carbocycles. The van der Waals surface area contributed by atoms with E-state index in [-0.39, 0.29) is 0 Å². The van der Waals surface area contributed by atoms with Crippen molar-refractivity contribution in [3.8, 4) is 0 Å². The maximum absolute atomic E-state index is 8.25. The van der Waals surface area contributed by atoms with Gasteiger partial charge in [0.2, 0.25) is 0 Å². The Morgan fingerprint density at radius 1 is 1.71 bits per heavy atom. The molecule has 2 nitrogen and oxygen atoms in total. The molecule has 0 spiro atoms. The Morgan fingerprint density at radius 3 is 2.14 bits per heavy atom. The number of methoxy groups -OCH3 is 1. The fourth-order valence-corrected chi connectivity index (χ4v) is 0.144. The minimum atomic E-state index is 0.750. The molecule has 0 aromatic heterocycles. The number of hydrogen-bond acceptors (Lipinski definition) is 2. The molecule has 0 saturated heterocycles. The van der Waals surface area contributed by atoms with E-state index in [2.05, 4.69) is 11.7 Å². The molecule has 0 N–H and O–H groups in total. The van der Waals surface area contributed by atoms with Crippen molar-refractivity contribution in [1.29, 1.82) is 0 Å². The van der Waals surface area contributed by atoms with E-state index in [1.54, 1.807) is 7.11 Å². The summed E-state index contributed by atoms with van der Waals surface area (Å²) in [5, 5.41) is 0. The van der Waals surface area contributed by atoms with Gasteiger partial charge in [-0.2, -0.15) is 6.42 Å². The van der Waals surface area contributed by atoms with E-state index in [9.17, 15) is 0 Å². The Labute approximate surface area is 56.0 Å². The number of hydrogen-bond donors (Lipinski definition) is 0. The minimum absolute atomic E-state index is 0.750. The van der Waals surface area contributed by atoms with Gasteiger partial charge in [-0.25, -0.2) is 0 Å². The van der Waals surface area contributed by atoms with E-state index in [1.807, 2.05) is 0 Å². The van der Waals surface area contributed by atoms with Crippen molar-refractivity contribution >= 4 is 0 Å². The molecule has 0 aromatic rings. The van der Waals surface area contributed by atoms with Crippen LogP contribution in [-0.4, -0.2) is 13.7 Å². The molecule has 0 aromatic carbocycles. The van der Waals surface area contributed by atoms with Gasteiger partial charge in [-0.3, -0.25) is 0 Å². The van der Waals surface area contributed by atoms with Crippen LogP contribution in [0.3, 0.4) is 0 Å². The average molecular weight is 137 g/mol. The van der Waals surface area contributed by atoms with Gasteiger partial charge in [0.15, 0.2) is 0 Å². The molecule has 0 aliphatic carbocycles. The first kappa shape index (κ1) is 10.5. The zero-order chi connectivity index (χ0) is 6.12. The third-order valence-electron chi connectivity index (χ3n) is 0.348. The van der Waals surface area contributed by atoms with Gasteiger partial charge in [0.05, 0.1) is 0 Å². The molecule has 0 aliphatic heterocycles. The monoisotopic (exact) mass is 137 g/mol. The van der Waals surface area contributed by atoms with Crippen molar-refractivity contribution in [2.45, 2.75) is 6.42 Å². The predicted octanol–water partition coefficient (Wildman–Crippen LogP) is 0.736. The molecule has 3 heteroatoms. The molecule has 7 heavy (non-hydrogen) atoms. The average Bonchev–Trinajstić information content (AvgIpc) is 1.75. The van der Waals surface area contributed by atoms with Gasteiger partial charge in [-0.05, 0) is 0 Å². The summed E-state index contributed by atoms with van der Waals surface area (Å²) in [7, 11) is 1.67. The fraction of sp³-hybridized carbons (Fsp3) is 0.750. The van der Waals surface area contributed by atoms with E-state index in [1.165, 1.54) is 0 Å². The van der Waals surface area contributed by atoms with Crippen molar-refractivity contribution in [1.82, 2.24) is 0 Å². The van der Waals surface area contributed by atoms with Crippen molar-refractivity contribution in [3.63, 3.8) is 0 Å². The van der Waals surface area contributed by atoms with Crippen molar-refractivity contribution < 1.29 is 28.5 Å². The first-order valence-corrected chi connectivity index (χ1v) is 2.54. The Morgan fingerprint density at radius 2 is 2.14 bits per heavy atom. The van der Waals surface area contributed by atoms with Gasteiger partial charge in [-0.15, -0.1) is 0 Å². The van der Waals surface area contributed by atoms with E-state index < -0.39 is 0 Å². The van der Waals surface area contributed by atoms with Crippen LogP contribution in [0.5, 0.6) is 0 Å². The van der Waals surface area contributed by atoms with E-state index in [4.69, 9.17) is 3.32 Å². The first-order chi connectivity index (χ1) is 3.41. The van der Waals surface area contributed by atoms with Crippen LogP contribution in [0.2, 0.25) is 0 Å². The molecule has 0 bridgehead atoms. The summed E-state index contributed by atoms with van der Waals surface area (Å²) >= 11 is 0.750.